The van der Waals surface area contributed by atoms with Crippen LogP contribution in [0.5, 0.6) is 0 Å². The molecule has 8 saturated heterocycles. The summed E-state index contributed by atoms with van der Waals surface area (Å²) in [7, 11) is 0. The molecule has 44 atom stereocenters. The molecule has 8 aliphatic rings. The Balaban J connectivity index is 1.13. The summed E-state index contributed by atoms with van der Waals surface area (Å²) in [6.45, 7) is -6.15. The molecule has 108 heavy (non-hydrogen) atoms. The van der Waals surface area contributed by atoms with E-state index in [9.17, 15) is 147 Å². The zero-order valence-corrected chi connectivity index (χ0v) is 58.2. The van der Waals surface area contributed by atoms with Crippen molar-refractivity contribution in [3.63, 3.8) is 0 Å². The normalized spacial score (nSPS) is 47.3. The lowest BCUT2D eigenvalue weighted by Crippen LogP contribution is -2.71. The van der Waals surface area contributed by atoms with Crippen molar-refractivity contribution in [3.8, 4) is 0 Å². The summed E-state index contributed by atoms with van der Waals surface area (Å²) in [5.41, 5.74) is 0. The second-order valence-electron chi connectivity index (χ2n) is 27.2. The Morgan fingerprint density at radius 1 is 0.315 bits per heavy atom. The monoisotopic (exact) mass is 1590 g/mol. The van der Waals surface area contributed by atoms with Crippen molar-refractivity contribution in [2.45, 2.75) is 298 Å². The molecule has 29 N–H and O–H groups in total. The maximum absolute atomic E-state index is 13.5. The van der Waals surface area contributed by atoms with Crippen molar-refractivity contribution in [2.24, 2.45) is 0 Å². The molecular weight excluding hydrogens is 1480 g/mol. The van der Waals surface area contributed by atoms with E-state index in [-0.39, 0.29) is 0 Å². The van der Waals surface area contributed by atoms with E-state index in [2.05, 4.69) is 16.0 Å². The maximum Gasteiger partial charge on any atom is 0.217 e. The molecule has 0 aromatic carbocycles. The van der Waals surface area contributed by atoms with E-state index >= 15 is 0 Å². The molecule has 0 radical (unpaired) electrons. The van der Waals surface area contributed by atoms with E-state index in [4.69, 9.17) is 75.8 Å². The van der Waals surface area contributed by atoms with Crippen molar-refractivity contribution in [1.29, 1.82) is 0 Å². The number of amides is 3. The van der Waals surface area contributed by atoms with Crippen LogP contribution in [0.4, 0.5) is 0 Å². The third-order valence-corrected chi connectivity index (χ3v) is 19.6. The zero-order valence-electron chi connectivity index (χ0n) is 58.2. The number of rotatable bonds is 31. The van der Waals surface area contributed by atoms with Gasteiger partial charge in [0.15, 0.2) is 50.3 Å². The molecule has 0 spiro atoms. The Bertz CT molecular complexity index is 2770. The van der Waals surface area contributed by atoms with Crippen LogP contribution in [0.15, 0.2) is 0 Å². The van der Waals surface area contributed by atoms with Crippen LogP contribution >= 0.6 is 0 Å². The molecule has 8 aliphatic heterocycles. The third-order valence-electron chi connectivity index (χ3n) is 19.6. The van der Waals surface area contributed by atoms with Crippen LogP contribution in [-0.4, -0.2) is 480 Å². The lowest BCUT2D eigenvalue weighted by molar-refractivity contribution is -0.390. The summed E-state index contributed by atoms with van der Waals surface area (Å²) < 4.78 is 95.0. The SMILES string of the molecule is CC(=O)N[C@H]1[C@H](O[C@H]2[C@@H](O)[C@@H](CO[C@@H]3O[C@H](CO)[C@@H](O[C@@H]4O[C@H](CO)[C@H](O)[C@H](O[C@@H]5O[C@H](CO)[C@@H](O)[C@H](O[C@@H]6O[C@H](CO)[C@H](O)[C@H](O)[C@H]6O)[C@H]5NC(C)=O)[C@H]4O)[C@H](O[C@@H]4O[C@@H](C)[C@@H](O)[C@@H](O)[C@@H]4O)[C@H]3NC(C)=O)O[C@@H](O[C@@H]([C@H](O)[C@@H](O)CO)[C@H](O)CO)[C@@H]2O)O[C@H](CO)[C@@H](O[C@@H]2O[C@H](CO)[C@H](O)[C@H](O)[C@H]2O)[C@@H]1O. The highest BCUT2D eigenvalue weighted by molar-refractivity contribution is 5.74. The van der Waals surface area contributed by atoms with E-state index in [1.54, 1.807) is 0 Å². The molecule has 0 saturated carbocycles. The van der Waals surface area contributed by atoms with Crippen LogP contribution in [0.3, 0.4) is 0 Å². The first kappa shape index (κ1) is 90.3. The molecule has 48 heteroatoms. The summed E-state index contributed by atoms with van der Waals surface area (Å²) in [6.07, 6.45) is -85.0. The average molecular weight is 1590 g/mol. The largest absolute Gasteiger partial charge is 0.394 e. The Labute approximate surface area is 612 Å². The Hall–Kier alpha value is -3.27. The molecule has 8 heterocycles. The summed E-state index contributed by atoms with van der Waals surface area (Å²) in [6, 6.07) is -5.80. The average Bonchev–Trinajstić information content (AvgIpc) is 0.769. The fourth-order valence-electron chi connectivity index (χ4n) is 13.6. The van der Waals surface area contributed by atoms with E-state index in [1.807, 2.05) is 0 Å². The maximum atomic E-state index is 13.5. The quantitative estimate of drug-likeness (QED) is 0.0306. The summed E-state index contributed by atoms with van der Waals surface area (Å²) in [4.78, 5) is 39.3. The first-order chi connectivity index (χ1) is 51.0. The fourth-order valence-corrected chi connectivity index (χ4v) is 13.6. The topological polar surface area (TPSA) is 761 Å². The minimum Gasteiger partial charge on any atom is -0.394 e. The molecule has 628 valence electrons. The van der Waals surface area contributed by atoms with Crippen LogP contribution in [0.1, 0.15) is 27.7 Å². The van der Waals surface area contributed by atoms with Crippen molar-refractivity contribution in [1.82, 2.24) is 16.0 Å². The van der Waals surface area contributed by atoms with Gasteiger partial charge in [-0.1, -0.05) is 0 Å². The first-order valence-corrected chi connectivity index (χ1v) is 34.4. The van der Waals surface area contributed by atoms with Gasteiger partial charge in [-0.15, -0.1) is 0 Å². The molecule has 0 aromatic heterocycles. The van der Waals surface area contributed by atoms with Gasteiger partial charge in [-0.2, -0.15) is 0 Å². The number of nitrogens with one attached hydrogen (secondary N) is 3. The highest BCUT2D eigenvalue weighted by atomic mass is 16.8. The number of aliphatic hydroxyl groups excluding tert-OH is 26. The van der Waals surface area contributed by atoms with Gasteiger partial charge < -0.3 is 225 Å². The first-order valence-electron chi connectivity index (χ1n) is 34.4. The van der Waals surface area contributed by atoms with Crippen molar-refractivity contribution in [2.75, 3.05) is 59.5 Å². The lowest BCUT2D eigenvalue weighted by Gasteiger charge is -2.51. The standard InChI is InChI=1S/C60H103N3O45/c1-14-30(77)38(85)41(88)56(94-14)106-50-29(63-17(4)74)53(99-25(12-71)48(50)104-59-44(91)51(35(82)23(10-69)98-59)108-55-28(62-16(3)73)49(34(81)22(9-68)95-55)105-58-43(90)40(87)33(80)21(8-67)97-58)93-13-26-36(83)52(45(92)60(101-26)102-46(19(76)6-65)31(78)18(75)5-64)107-54-27(61-15(2)72)37(84)47(24(11-70)100-54)103-57-42(89)39(86)32(79)20(7-66)96-57/h14,18-60,64-71,75-92H,5-13H2,1-4H3,(H,61,72)(H,62,73)(H,63,74)/t14-,18-,19+,20+,21+,22+,23+,24+,25+,26+,27+,28+,29+,30+,31+,32-,33-,34+,35-,36-,37+,38+,39-,40-,41-,42+,43+,44+,45+,46+,47+,48+,49+,50+,51-,52-,53+,54-,55-,56-,57-,58-,59-,60-/m0/s1. The second-order valence-corrected chi connectivity index (χ2v) is 27.2. The van der Waals surface area contributed by atoms with Gasteiger partial charge >= 0.3 is 0 Å². The number of carbonyl (C=O) groups is 3. The van der Waals surface area contributed by atoms with Gasteiger partial charge in [0, 0.05) is 20.8 Å². The predicted octanol–water partition coefficient (Wildman–Crippen LogP) is -19.5. The Morgan fingerprint density at radius 3 is 1.13 bits per heavy atom. The minimum absolute atomic E-state index is 0.918. The van der Waals surface area contributed by atoms with Crippen LogP contribution < -0.4 is 16.0 Å². The van der Waals surface area contributed by atoms with E-state index in [1.165, 1.54) is 6.92 Å². The van der Waals surface area contributed by atoms with E-state index in [0.717, 1.165) is 20.8 Å². The van der Waals surface area contributed by atoms with Crippen molar-refractivity contribution < 1.29 is 223 Å². The Morgan fingerprint density at radius 2 is 0.648 bits per heavy atom. The van der Waals surface area contributed by atoms with Gasteiger partial charge in [-0.3, -0.25) is 14.4 Å². The number of ether oxygens (including phenoxy) is 16. The molecule has 0 aliphatic carbocycles. The molecule has 8 rings (SSSR count). The van der Waals surface area contributed by atoms with Gasteiger partial charge in [-0.25, -0.2) is 0 Å². The zero-order chi connectivity index (χ0) is 79.9. The molecule has 3 amide bonds. The predicted molar refractivity (Wildman–Crippen MR) is 333 cm³/mol. The van der Waals surface area contributed by atoms with Crippen LogP contribution in [-0.2, 0) is 90.2 Å². The second kappa shape index (κ2) is 39.9. The van der Waals surface area contributed by atoms with Gasteiger partial charge in [0.05, 0.1) is 65.6 Å². The van der Waals surface area contributed by atoms with Crippen LogP contribution in [0.25, 0.3) is 0 Å². The van der Waals surface area contributed by atoms with Crippen LogP contribution in [0, 0.1) is 0 Å². The number of aliphatic hydroxyl groups is 26. The van der Waals surface area contributed by atoms with Gasteiger partial charge in [0.25, 0.3) is 0 Å². The highest BCUT2D eigenvalue weighted by Gasteiger charge is 2.61. The van der Waals surface area contributed by atoms with E-state index in [0.29, 0.717) is 0 Å². The minimum atomic E-state index is -2.48. The molecule has 0 bridgehead atoms. The van der Waals surface area contributed by atoms with Gasteiger partial charge in [0.1, 0.15) is 213 Å². The molecule has 0 unspecified atom stereocenters. The lowest BCUT2D eigenvalue weighted by atomic mass is 9.93. The highest BCUT2D eigenvalue weighted by Crippen LogP contribution is 2.40. The van der Waals surface area contributed by atoms with Crippen molar-refractivity contribution >= 4 is 17.7 Å². The third kappa shape index (κ3) is 20.1. The van der Waals surface area contributed by atoms with Crippen LogP contribution in [0.2, 0.25) is 0 Å². The molecule has 0 aromatic rings. The Kier molecular flexibility index (Phi) is 33.3. The fraction of sp³-hybridized carbons (Fsp3) is 0.950. The molecular formula is C60H103N3O45. The van der Waals surface area contributed by atoms with Gasteiger partial charge in [-0.05, 0) is 6.92 Å². The van der Waals surface area contributed by atoms with E-state index < -0.39 is 347 Å². The number of hydrogen-bond donors (Lipinski definition) is 29. The smallest absolute Gasteiger partial charge is 0.217 e. The number of hydrogen-bond acceptors (Lipinski definition) is 45. The molecule has 8 fully saturated rings. The van der Waals surface area contributed by atoms with Gasteiger partial charge in [0.2, 0.25) is 17.7 Å². The summed E-state index contributed by atoms with van der Waals surface area (Å²) >= 11 is 0. The summed E-state index contributed by atoms with van der Waals surface area (Å²) in [5.74, 6) is -2.88. The number of carbonyl (C=O) groups excluding carboxylic acids is 3. The summed E-state index contributed by atoms with van der Waals surface area (Å²) in [5, 5.41) is 291. The molecule has 48 nitrogen and oxygen atoms in total. The van der Waals surface area contributed by atoms with Crippen molar-refractivity contribution in [3.05, 3.63) is 0 Å².